The fourth-order valence-corrected chi connectivity index (χ4v) is 6.61. The van der Waals surface area contributed by atoms with Crippen LogP contribution in [0.2, 0.25) is 0 Å². The molecule has 1 atom stereocenters. The summed E-state index contributed by atoms with van der Waals surface area (Å²) in [6.45, 7) is 1.61. The molecule has 0 saturated carbocycles. The van der Waals surface area contributed by atoms with Gasteiger partial charge in [0.2, 0.25) is 19.7 Å². The highest BCUT2D eigenvalue weighted by molar-refractivity contribution is 7.92. The van der Waals surface area contributed by atoms with Crippen molar-refractivity contribution in [3.05, 3.63) is 83.1 Å². The number of hydrogen-bond acceptors (Lipinski definition) is 6. The van der Waals surface area contributed by atoms with Gasteiger partial charge in [0.15, 0.2) is 0 Å². The Kier molecular flexibility index (Phi) is 5.67. The van der Waals surface area contributed by atoms with Crippen LogP contribution in [0.5, 0.6) is 0 Å². The van der Waals surface area contributed by atoms with E-state index >= 15 is 0 Å². The van der Waals surface area contributed by atoms with Gasteiger partial charge in [-0.05, 0) is 61.0 Å². The fourth-order valence-electron chi connectivity index (χ4n) is 3.77. The highest BCUT2D eigenvalue weighted by atomic mass is 32.2. The Balaban J connectivity index is 1.87. The smallest absolute Gasteiger partial charge is 0.307 e. The van der Waals surface area contributed by atoms with Gasteiger partial charge in [-0.25, -0.2) is 21.2 Å². The topological polar surface area (TPSA) is 118 Å². The van der Waals surface area contributed by atoms with Crippen LogP contribution in [0.15, 0.2) is 91.3 Å². The number of hydrogen-bond donors (Lipinski definition) is 1. The van der Waals surface area contributed by atoms with Gasteiger partial charge < -0.3 is 5.11 Å². The van der Waals surface area contributed by atoms with E-state index in [-0.39, 0.29) is 30.8 Å². The van der Waals surface area contributed by atoms with Gasteiger partial charge in [0, 0.05) is 5.22 Å². The molecule has 0 aromatic heterocycles. The van der Waals surface area contributed by atoms with Crippen molar-refractivity contribution in [2.75, 3.05) is 0 Å². The lowest BCUT2D eigenvalue weighted by Gasteiger charge is -2.10. The zero-order valence-electron chi connectivity index (χ0n) is 17.3. The molecule has 3 aromatic rings. The number of carboxylic acids is 1. The lowest BCUT2D eigenvalue weighted by molar-refractivity contribution is -0.135. The Bertz CT molecular complexity index is 1600. The summed E-state index contributed by atoms with van der Waals surface area (Å²) >= 11 is 0. The van der Waals surface area contributed by atoms with E-state index in [1.54, 1.807) is 25.1 Å². The molecule has 0 bridgehead atoms. The van der Waals surface area contributed by atoms with Crippen molar-refractivity contribution in [3.8, 4) is 0 Å². The number of nitrogens with zero attached hydrogens (tertiary/aromatic N) is 1. The Morgan fingerprint density at radius 1 is 0.879 bits per heavy atom. The predicted molar refractivity (Wildman–Crippen MR) is 116 cm³/mol. The van der Waals surface area contributed by atoms with Gasteiger partial charge in [0.05, 0.1) is 32.5 Å². The van der Waals surface area contributed by atoms with Gasteiger partial charge in [-0.1, -0.05) is 18.2 Å². The summed E-state index contributed by atoms with van der Waals surface area (Å²) in [6.07, 6.45) is -0.488. The second kappa shape index (κ2) is 8.20. The second-order valence-electron chi connectivity index (χ2n) is 7.46. The van der Waals surface area contributed by atoms with Crippen LogP contribution in [0.1, 0.15) is 13.3 Å². The molecule has 4 rings (SSSR count). The van der Waals surface area contributed by atoms with E-state index in [0.29, 0.717) is 0 Å². The van der Waals surface area contributed by atoms with Crippen LogP contribution in [-0.4, -0.2) is 34.0 Å². The van der Waals surface area contributed by atoms with E-state index in [9.17, 15) is 31.1 Å². The van der Waals surface area contributed by atoms with Crippen molar-refractivity contribution >= 4 is 31.2 Å². The third-order valence-electron chi connectivity index (χ3n) is 5.35. The lowest BCUT2D eigenvalue weighted by atomic mass is 10.0. The molecule has 7 nitrogen and oxygen atoms in total. The van der Waals surface area contributed by atoms with E-state index in [4.69, 9.17) is 0 Å². The molecule has 0 saturated heterocycles. The van der Waals surface area contributed by atoms with Crippen LogP contribution in [0.4, 0.5) is 4.39 Å². The minimum atomic E-state index is -4.46. The van der Waals surface area contributed by atoms with Gasteiger partial charge in [0.25, 0.3) is 0 Å². The highest BCUT2D eigenvalue weighted by Crippen LogP contribution is 2.26. The van der Waals surface area contributed by atoms with Crippen LogP contribution >= 0.6 is 0 Å². The molecule has 0 aliphatic carbocycles. The molecular formula is C23H18FNO6S2. The van der Waals surface area contributed by atoms with Crippen molar-refractivity contribution in [2.45, 2.75) is 39.0 Å². The van der Waals surface area contributed by atoms with Crippen LogP contribution in [0.25, 0.3) is 5.57 Å². The maximum absolute atomic E-state index is 14.9. The fraction of sp³-hybridized carbons (Fsp3) is 0.130. The first-order chi connectivity index (χ1) is 15.5. The standard InChI is InChI=1S/C23H18FNO6S2/c1-14-18(13-21(26)27)22-20(25-14)12-11-19(24)23(22)33(30,31)17-9-7-16(8-10-17)32(28,29)15-5-3-2-4-6-15/h2-12,14H,13H2,1H3,(H,26,27). The average molecular weight is 488 g/mol. The molecule has 0 amide bonds. The van der Waals surface area contributed by atoms with E-state index in [0.717, 1.165) is 30.3 Å². The molecule has 10 heteroatoms. The van der Waals surface area contributed by atoms with Gasteiger partial charge in [0.1, 0.15) is 10.7 Å². The lowest BCUT2D eigenvalue weighted by Crippen LogP contribution is -2.32. The Hall–Kier alpha value is -3.37. The normalized spacial score (nSPS) is 15.7. The molecule has 3 aromatic carbocycles. The van der Waals surface area contributed by atoms with Crippen LogP contribution in [0, 0.1) is 5.82 Å². The third kappa shape index (κ3) is 3.96. The number of carbonyl (C=O) groups is 1. The maximum atomic E-state index is 14.9. The Morgan fingerprint density at radius 3 is 2.00 bits per heavy atom. The molecule has 1 aliphatic heterocycles. The second-order valence-corrected chi connectivity index (χ2v) is 11.3. The number of halogens is 1. The monoisotopic (exact) mass is 487 g/mol. The molecule has 33 heavy (non-hydrogen) atoms. The van der Waals surface area contributed by atoms with E-state index in [2.05, 4.69) is 4.99 Å². The summed E-state index contributed by atoms with van der Waals surface area (Å²) in [7, 11) is -8.32. The van der Waals surface area contributed by atoms with Gasteiger partial charge in [-0.15, -0.1) is 0 Å². The summed E-state index contributed by atoms with van der Waals surface area (Å²) in [5.41, 5.74) is 0.193. The molecule has 1 N–H and O–H groups in total. The molecule has 170 valence electrons. The Labute approximate surface area is 189 Å². The summed E-state index contributed by atoms with van der Waals surface area (Å²) < 4.78 is 67.2. The SMILES string of the molecule is CC1N=c2ccc(F)c(S(=O)(=O)c3ccc(S(=O)(=O)c4ccccc4)cc3)c2=C1CC(=O)O. The van der Waals surface area contributed by atoms with Gasteiger partial charge in [-0.3, -0.25) is 9.79 Å². The number of rotatable bonds is 6. The number of fused-ring (bicyclic) bond motifs is 1. The van der Waals surface area contributed by atoms with E-state index in [1.165, 1.54) is 18.2 Å². The zero-order valence-corrected chi connectivity index (χ0v) is 18.9. The van der Waals surface area contributed by atoms with E-state index in [1.807, 2.05) is 0 Å². The molecule has 1 aliphatic rings. The molecule has 0 fully saturated rings. The Morgan fingerprint density at radius 2 is 1.42 bits per heavy atom. The van der Waals surface area contributed by atoms with Gasteiger partial charge >= 0.3 is 5.97 Å². The van der Waals surface area contributed by atoms with Crippen LogP contribution in [-0.2, 0) is 24.5 Å². The predicted octanol–water partition coefficient (Wildman–Crippen LogP) is 2.14. The molecule has 0 radical (unpaired) electrons. The highest BCUT2D eigenvalue weighted by Gasteiger charge is 2.30. The number of benzene rings is 3. The van der Waals surface area contributed by atoms with E-state index < -0.39 is 48.8 Å². The maximum Gasteiger partial charge on any atom is 0.307 e. The van der Waals surface area contributed by atoms with Crippen molar-refractivity contribution in [1.82, 2.24) is 0 Å². The van der Waals surface area contributed by atoms with Crippen molar-refractivity contribution < 1.29 is 31.1 Å². The summed E-state index contributed by atoms with van der Waals surface area (Å²) in [5, 5.41) is 9.38. The largest absolute Gasteiger partial charge is 0.481 e. The molecule has 0 spiro atoms. The first-order valence-electron chi connectivity index (χ1n) is 9.80. The summed E-state index contributed by atoms with van der Waals surface area (Å²) in [6, 6.07) is 13.8. The first kappa shape index (κ1) is 22.8. The third-order valence-corrected chi connectivity index (χ3v) is 8.97. The van der Waals surface area contributed by atoms with Crippen molar-refractivity contribution in [3.63, 3.8) is 0 Å². The van der Waals surface area contributed by atoms with Gasteiger partial charge in [-0.2, -0.15) is 0 Å². The molecule has 1 unspecified atom stereocenters. The van der Waals surface area contributed by atoms with Crippen LogP contribution < -0.4 is 10.6 Å². The number of carboxylic acid groups (broad SMARTS) is 1. The quantitative estimate of drug-likeness (QED) is 0.569. The number of sulfone groups is 2. The summed E-state index contributed by atoms with van der Waals surface area (Å²) in [4.78, 5) is 14.5. The minimum absolute atomic E-state index is 0.0501. The van der Waals surface area contributed by atoms with Crippen molar-refractivity contribution in [1.29, 1.82) is 0 Å². The van der Waals surface area contributed by atoms with Crippen LogP contribution in [0.3, 0.4) is 0 Å². The summed E-state index contributed by atoms with van der Waals surface area (Å²) in [5.74, 6) is -2.23. The molecule has 1 heterocycles. The average Bonchev–Trinajstić information content (AvgIpc) is 3.08. The molecular weight excluding hydrogens is 469 g/mol. The zero-order chi connectivity index (χ0) is 24.0. The first-order valence-corrected chi connectivity index (χ1v) is 12.8. The minimum Gasteiger partial charge on any atom is -0.481 e. The number of aliphatic carboxylic acids is 1. The van der Waals surface area contributed by atoms with Crippen molar-refractivity contribution in [2.24, 2.45) is 4.99 Å².